The van der Waals surface area contributed by atoms with Crippen LogP contribution in [0, 0.1) is 6.92 Å². The van der Waals surface area contributed by atoms with Crippen LogP contribution in [0.1, 0.15) is 21.5 Å². The second-order valence-corrected chi connectivity index (χ2v) is 9.05. The number of hydrogen-bond donors (Lipinski definition) is 1. The summed E-state index contributed by atoms with van der Waals surface area (Å²) in [5, 5.41) is 2.29. The minimum absolute atomic E-state index is 0.0108. The van der Waals surface area contributed by atoms with Gasteiger partial charge in [0, 0.05) is 30.6 Å². The van der Waals surface area contributed by atoms with Crippen LogP contribution >= 0.6 is 0 Å². The van der Waals surface area contributed by atoms with Gasteiger partial charge in [0.05, 0.1) is 29.4 Å². The predicted molar refractivity (Wildman–Crippen MR) is 107 cm³/mol. The van der Waals surface area contributed by atoms with Crippen LogP contribution in [0.3, 0.4) is 0 Å². The summed E-state index contributed by atoms with van der Waals surface area (Å²) in [6, 6.07) is 7.67. The van der Waals surface area contributed by atoms with Gasteiger partial charge in [0.1, 0.15) is 0 Å². The lowest BCUT2D eigenvalue weighted by atomic mass is 10.1. The van der Waals surface area contributed by atoms with E-state index in [4.69, 9.17) is 4.74 Å². The number of carbonyl (C=O) groups is 1. The van der Waals surface area contributed by atoms with E-state index in [0.29, 0.717) is 37.6 Å². The fourth-order valence-corrected chi connectivity index (χ4v) is 3.81. The number of rotatable bonds is 4. The van der Waals surface area contributed by atoms with Crippen LogP contribution < -0.4 is 10.2 Å². The molecule has 0 bridgehead atoms. The summed E-state index contributed by atoms with van der Waals surface area (Å²) in [5.74, 6) is -0.817. The molecule has 1 heterocycles. The Morgan fingerprint density at radius 3 is 2.37 bits per heavy atom. The van der Waals surface area contributed by atoms with Crippen LogP contribution in [0.2, 0.25) is 0 Å². The summed E-state index contributed by atoms with van der Waals surface area (Å²) in [6.07, 6.45) is -3.69. The van der Waals surface area contributed by atoms with E-state index in [2.05, 4.69) is 5.32 Å². The molecule has 0 unspecified atom stereocenters. The number of anilines is 2. The van der Waals surface area contributed by atoms with E-state index < -0.39 is 33.2 Å². The summed E-state index contributed by atoms with van der Waals surface area (Å²) in [5.41, 5.74) is -0.550. The van der Waals surface area contributed by atoms with E-state index in [1.807, 2.05) is 0 Å². The number of nitrogens with zero attached hydrogens (tertiary/aromatic N) is 1. The van der Waals surface area contributed by atoms with Crippen molar-refractivity contribution < 1.29 is 31.1 Å². The smallest absolute Gasteiger partial charge is 0.378 e. The van der Waals surface area contributed by atoms with Crippen molar-refractivity contribution >= 4 is 27.1 Å². The van der Waals surface area contributed by atoms with Crippen LogP contribution in [0.25, 0.3) is 0 Å². The molecule has 0 radical (unpaired) electrons. The maximum Gasteiger partial charge on any atom is 0.418 e. The molecule has 1 aliphatic rings. The van der Waals surface area contributed by atoms with Crippen LogP contribution in [0.4, 0.5) is 24.5 Å². The normalized spacial score (nSPS) is 15.2. The highest BCUT2D eigenvalue weighted by Crippen LogP contribution is 2.38. The van der Waals surface area contributed by atoms with Crippen molar-refractivity contribution in [2.75, 3.05) is 42.8 Å². The van der Waals surface area contributed by atoms with E-state index in [0.717, 1.165) is 18.4 Å². The summed E-state index contributed by atoms with van der Waals surface area (Å²) >= 11 is 0. The highest BCUT2D eigenvalue weighted by Gasteiger charge is 2.35. The molecule has 1 aliphatic heterocycles. The Labute approximate surface area is 172 Å². The van der Waals surface area contributed by atoms with Crippen LogP contribution in [-0.4, -0.2) is 46.9 Å². The average molecular weight is 442 g/mol. The minimum atomic E-state index is -4.69. The first-order valence-corrected chi connectivity index (χ1v) is 11.0. The molecule has 1 N–H and O–H groups in total. The van der Waals surface area contributed by atoms with Gasteiger partial charge in [-0.3, -0.25) is 4.79 Å². The minimum Gasteiger partial charge on any atom is -0.378 e. The standard InChI is InChI=1S/C20H21F3N2O4S/c1-13-3-5-15(30(2,27)28)12-16(13)19(26)24-18-6-4-14(11-17(18)20(21,22)23)25-7-9-29-10-8-25/h3-6,11-12H,7-10H2,1-2H3,(H,24,26). The van der Waals surface area contributed by atoms with Crippen molar-refractivity contribution in [1.29, 1.82) is 0 Å². The fourth-order valence-electron chi connectivity index (χ4n) is 3.16. The van der Waals surface area contributed by atoms with Crippen molar-refractivity contribution in [2.45, 2.75) is 18.0 Å². The number of morpholine rings is 1. The largest absolute Gasteiger partial charge is 0.418 e. The summed E-state index contributed by atoms with van der Waals surface area (Å²) in [7, 11) is -3.57. The van der Waals surface area contributed by atoms with Gasteiger partial charge in [-0.2, -0.15) is 13.2 Å². The van der Waals surface area contributed by atoms with Gasteiger partial charge in [0.2, 0.25) is 0 Å². The summed E-state index contributed by atoms with van der Waals surface area (Å²) in [4.78, 5) is 14.4. The number of halogens is 3. The number of sulfone groups is 1. The molecule has 0 spiro atoms. The average Bonchev–Trinajstić information content (AvgIpc) is 2.67. The first kappa shape index (κ1) is 22.1. The number of hydrogen-bond acceptors (Lipinski definition) is 5. The molecule has 1 saturated heterocycles. The van der Waals surface area contributed by atoms with Crippen molar-refractivity contribution in [3.05, 3.63) is 53.1 Å². The lowest BCUT2D eigenvalue weighted by molar-refractivity contribution is -0.136. The third kappa shape index (κ3) is 4.93. The van der Waals surface area contributed by atoms with E-state index in [9.17, 15) is 26.4 Å². The second-order valence-electron chi connectivity index (χ2n) is 7.03. The van der Waals surface area contributed by atoms with E-state index >= 15 is 0 Å². The number of amides is 1. The molecule has 2 aromatic carbocycles. The van der Waals surface area contributed by atoms with Crippen LogP contribution in [0.15, 0.2) is 41.3 Å². The molecular formula is C20H21F3N2O4S. The highest BCUT2D eigenvalue weighted by atomic mass is 32.2. The third-order valence-electron chi connectivity index (χ3n) is 4.81. The molecule has 6 nitrogen and oxygen atoms in total. The Morgan fingerprint density at radius 1 is 1.10 bits per heavy atom. The molecular weight excluding hydrogens is 421 g/mol. The van der Waals surface area contributed by atoms with Gasteiger partial charge in [-0.1, -0.05) is 6.07 Å². The molecule has 10 heteroatoms. The van der Waals surface area contributed by atoms with Gasteiger partial charge in [-0.15, -0.1) is 0 Å². The number of alkyl halides is 3. The third-order valence-corrected chi connectivity index (χ3v) is 5.93. The number of benzene rings is 2. The first-order chi connectivity index (χ1) is 14.0. The number of ether oxygens (including phenoxy) is 1. The Kier molecular flexibility index (Phi) is 6.09. The molecule has 0 aromatic heterocycles. The first-order valence-electron chi connectivity index (χ1n) is 9.13. The highest BCUT2D eigenvalue weighted by molar-refractivity contribution is 7.90. The van der Waals surface area contributed by atoms with Gasteiger partial charge in [0.25, 0.3) is 5.91 Å². The van der Waals surface area contributed by atoms with Crippen LogP contribution in [0.5, 0.6) is 0 Å². The Morgan fingerprint density at radius 2 is 1.77 bits per heavy atom. The molecule has 0 aliphatic carbocycles. The van der Waals surface area contributed by atoms with Crippen molar-refractivity contribution in [2.24, 2.45) is 0 Å². The Balaban J connectivity index is 1.95. The molecule has 30 heavy (non-hydrogen) atoms. The van der Waals surface area contributed by atoms with Crippen molar-refractivity contribution in [3.63, 3.8) is 0 Å². The lowest BCUT2D eigenvalue weighted by Gasteiger charge is -2.29. The van der Waals surface area contributed by atoms with E-state index in [1.165, 1.54) is 24.3 Å². The monoisotopic (exact) mass is 442 g/mol. The predicted octanol–water partition coefficient (Wildman–Crippen LogP) is 3.51. The molecule has 1 amide bonds. The fraction of sp³-hybridized carbons (Fsp3) is 0.350. The maximum atomic E-state index is 13.7. The van der Waals surface area contributed by atoms with Crippen molar-refractivity contribution in [1.82, 2.24) is 0 Å². The number of carbonyl (C=O) groups excluding carboxylic acids is 1. The SMILES string of the molecule is Cc1ccc(S(C)(=O)=O)cc1C(=O)Nc1ccc(N2CCOCC2)cc1C(F)(F)F. The van der Waals surface area contributed by atoms with Gasteiger partial charge in [0.15, 0.2) is 9.84 Å². The molecule has 0 saturated carbocycles. The zero-order valence-corrected chi connectivity index (χ0v) is 17.2. The topological polar surface area (TPSA) is 75.7 Å². The summed E-state index contributed by atoms with van der Waals surface area (Å²) in [6.45, 7) is 3.37. The molecule has 3 rings (SSSR count). The maximum absolute atomic E-state index is 13.7. The molecule has 1 fully saturated rings. The van der Waals surface area contributed by atoms with Gasteiger partial charge in [-0.05, 0) is 42.8 Å². The number of nitrogens with one attached hydrogen (secondary N) is 1. The summed E-state index contributed by atoms with van der Waals surface area (Å²) < 4.78 is 69.8. The molecule has 2 aromatic rings. The zero-order chi connectivity index (χ0) is 22.1. The van der Waals surface area contributed by atoms with Gasteiger partial charge >= 0.3 is 6.18 Å². The quantitative estimate of drug-likeness (QED) is 0.785. The molecule has 162 valence electrons. The van der Waals surface area contributed by atoms with Crippen LogP contribution in [-0.2, 0) is 20.8 Å². The Hall–Kier alpha value is -2.59. The Bertz CT molecular complexity index is 1060. The molecule has 0 atom stereocenters. The lowest BCUT2D eigenvalue weighted by Crippen LogP contribution is -2.36. The van der Waals surface area contributed by atoms with Crippen molar-refractivity contribution in [3.8, 4) is 0 Å². The number of aryl methyl sites for hydroxylation is 1. The zero-order valence-electron chi connectivity index (χ0n) is 16.4. The second kappa shape index (κ2) is 8.27. The van der Waals surface area contributed by atoms with E-state index in [1.54, 1.807) is 11.8 Å². The van der Waals surface area contributed by atoms with Gasteiger partial charge < -0.3 is 15.0 Å². The van der Waals surface area contributed by atoms with Gasteiger partial charge in [-0.25, -0.2) is 8.42 Å². The van der Waals surface area contributed by atoms with E-state index in [-0.39, 0.29) is 10.5 Å².